The van der Waals surface area contributed by atoms with E-state index in [4.69, 9.17) is 20.7 Å². The van der Waals surface area contributed by atoms with Crippen molar-refractivity contribution in [2.45, 2.75) is 88.5 Å². The van der Waals surface area contributed by atoms with Gasteiger partial charge in [-0.05, 0) is 110 Å². The number of carboxylic acids is 4. The van der Waals surface area contributed by atoms with E-state index in [1.54, 1.807) is 0 Å². The van der Waals surface area contributed by atoms with E-state index in [0.717, 1.165) is 32.9 Å². The van der Waals surface area contributed by atoms with Crippen molar-refractivity contribution >= 4 is 75.2 Å². The van der Waals surface area contributed by atoms with Crippen molar-refractivity contribution in [1.29, 1.82) is 0 Å². The van der Waals surface area contributed by atoms with Gasteiger partial charge in [0.05, 0.1) is 0 Å². The molecule has 0 saturated heterocycles. The number of aromatic amines is 1. The number of H-pyrrole nitrogens is 1. The maximum Gasteiger partial charge on any atom is 0.490 e. The van der Waals surface area contributed by atoms with Gasteiger partial charge in [-0.3, -0.25) is 14.4 Å². The Morgan fingerprint density at radius 3 is 2.00 bits per heavy atom. The predicted octanol–water partition coefficient (Wildman–Crippen LogP) is 2.56. The molecular formula is C33H44F3IN6O11. The summed E-state index contributed by atoms with van der Waals surface area (Å²) in [5.74, 6) is -7.11. The second-order valence-electron chi connectivity index (χ2n) is 12.6. The number of alkyl halides is 3. The minimum absolute atomic E-state index is 0.00883. The van der Waals surface area contributed by atoms with Crippen molar-refractivity contribution in [3.05, 3.63) is 33.5 Å². The summed E-state index contributed by atoms with van der Waals surface area (Å²) >= 11 is 2.22. The molecule has 300 valence electrons. The first kappa shape index (κ1) is 45.5. The third kappa shape index (κ3) is 15.7. The second-order valence-corrected chi connectivity index (χ2v) is 13.9. The van der Waals surface area contributed by atoms with E-state index in [1.807, 2.05) is 24.4 Å². The molecule has 1 saturated carbocycles. The van der Waals surface area contributed by atoms with Crippen LogP contribution in [0.25, 0.3) is 10.9 Å². The molecule has 3 atom stereocenters. The molecule has 1 aromatic carbocycles. The lowest BCUT2D eigenvalue weighted by Crippen LogP contribution is -2.51. The Labute approximate surface area is 320 Å². The fourth-order valence-electron chi connectivity index (χ4n) is 5.65. The van der Waals surface area contributed by atoms with Crippen molar-refractivity contribution in [2.24, 2.45) is 17.6 Å². The highest BCUT2D eigenvalue weighted by Gasteiger charge is 2.38. The zero-order valence-electron chi connectivity index (χ0n) is 28.9. The molecule has 1 heterocycles. The molecule has 17 nitrogen and oxygen atoms in total. The van der Waals surface area contributed by atoms with Gasteiger partial charge in [0.15, 0.2) is 0 Å². The lowest BCUT2D eigenvalue weighted by Gasteiger charge is -2.28. The summed E-state index contributed by atoms with van der Waals surface area (Å²) in [6, 6.07) is 1.20. The minimum Gasteiger partial charge on any atom is -0.481 e. The van der Waals surface area contributed by atoms with Crippen LogP contribution in [0.2, 0.25) is 0 Å². The predicted molar refractivity (Wildman–Crippen MR) is 193 cm³/mol. The number of halogens is 4. The number of aromatic nitrogens is 1. The molecule has 3 rings (SSSR count). The molecule has 0 radical (unpaired) electrons. The Bertz CT molecular complexity index is 1630. The Hall–Kier alpha value is -4.67. The number of carboxylic acid groups (broad SMARTS) is 4. The van der Waals surface area contributed by atoms with Crippen LogP contribution in [0.5, 0.6) is 0 Å². The molecule has 21 heteroatoms. The molecule has 0 aliphatic heterocycles. The van der Waals surface area contributed by atoms with Crippen molar-refractivity contribution in [3.8, 4) is 0 Å². The van der Waals surface area contributed by atoms with E-state index in [-0.39, 0.29) is 43.5 Å². The van der Waals surface area contributed by atoms with Crippen LogP contribution in [0.3, 0.4) is 0 Å². The van der Waals surface area contributed by atoms with E-state index in [9.17, 15) is 52.2 Å². The van der Waals surface area contributed by atoms with E-state index in [0.29, 0.717) is 38.1 Å². The summed E-state index contributed by atoms with van der Waals surface area (Å²) in [7, 11) is 0. The van der Waals surface area contributed by atoms with Crippen LogP contribution >= 0.6 is 22.6 Å². The van der Waals surface area contributed by atoms with Crippen molar-refractivity contribution in [3.63, 3.8) is 0 Å². The molecule has 2 aromatic rings. The van der Waals surface area contributed by atoms with Gasteiger partial charge in [-0.25, -0.2) is 19.2 Å². The summed E-state index contributed by atoms with van der Waals surface area (Å²) in [5.41, 5.74) is 7.60. The summed E-state index contributed by atoms with van der Waals surface area (Å²) < 4.78 is 32.8. The van der Waals surface area contributed by atoms with Crippen molar-refractivity contribution in [1.82, 2.24) is 26.3 Å². The molecule has 1 fully saturated rings. The highest BCUT2D eigenvalue weighted by atomic mass is 127. The zero-order valence-corrected chi connectivity index (χ0v) is 31.1. The van der Waals surface area contributed by atoms with Crippen LogP contribution in [-0.2, 0) is 35.2 Å². The monoisotopic (exact) mass is 884 g/mol. The summed E-state index contributed by atoms with van der Waals surface area (Å²) in [4.78, 5) is 84.8. The molecule has 1 aliphatic rings. The summed E-state index contributed by atoms with van der Waals surface area (Å²) in [6.45, 7) is 0.780. The normalized spacial score (nSPS) is 17.1. The van der Waals surface area contributed by atoms with Crippen LogP contribution in [-0.4, -0.2) is 105 Å². The van der Waals surface area contributed by atoms with Gasteiger partial charge in [0, 0.05) is 46.0 Å². The van der Waals surface area contributed by atoms with Crippen LogP contribution in [0.15, 0.2) is 24.4 Å². The molecule has 1 aromatic heterocycles. The Morgan fingerprint density at radius 2 is 1.46 bits per heavy atom. The molecule has 0 unspecified atom stereocenters. The SMILES string of the molecule is NCC1CCC(C(=O)N[C@H](Cc2c[nH]c3ccc(I)cc23)C(=O)NCCCC[C@H](NC(=O)N[C@H](CCC(=O)O)C(=O)O)C(=O)O)CC1.O=C(O)C(F)(F)F. The Morgan fingerprint density at radius 1 is 0.870 bits per heavy atom. The minimum atomic E-state index is -5.08. The number of carbonyl (C=O) groups is 7. The number of fused-ring (bicyclic) bond motifs is 1. The van der Waals surface area contributed by atoms with Crippen LogP contribution in [0.1, 0.15) is 63.4 Å². The third-order valence-electron chi connectivity index (χ3n) is 8.65. The third-order valence-corrected chi connectivity index (χ3v) is 9.32. The average molecular weight is 885 g/mol. The number of nitrogens with two attached hydrogens (primary N) is 1. The molecule has 11 N–H and O–H groups in total. The lowest BCUT2D eigenvalue weighted by atomic mass is 9.81. The Kier molecular flexibility index (Phi) is 18.4. The fourth-order valence-corrected chi connectivity index (χ4v) is 6.14. The van der Waals surface area contributed by atoms with Gasteiger partial charge in [-0.15, -0.1) is 0 Å². The number of benzene rings is 1. The molecule has 4 amide bonds. The topological polar surface area (TPSA) is 290 Å². The van der Waals surface area contributed by atoms with Crippen molar-refractivity contribution in [2.75, 3.05) is 13.1 Å². The highest BCUT2D eigenvalue weighted by Crippen LogP contribution is 2.29. The second kappa shape index (κ2) is 21.9. The van der Waals surface area contributed by atoms with Gasteiger partial charge in [-0.1, -0.05) is 0 Å². The first-order valence-electron chi connectivity index (χ1n) is 16.9. The number of hydrogen-bond acceptors (Lipinski definition) is 8. The molecule has 54 heavy (non-hydrogen) atoms. The number of carbonyl (C=O) groups excluding carboxylic acids is 3. The standard InChI is InChI=1S/C31H43IN6O9.C2HF3O2/c32-20-8-9-22-21(14-20)19(16-35-22)13-25(36-27(41)18-6-4-17(15-33)5-7-18)28(42)34-12-2-1-3-23(29(43)44)37-31(47)38-24(30(45)46)10-11-26(39)40;3-2(4,5)1(6)7/h8-9,14,16-18,23-25,35H,1-7,10-13,15,33H2,(H,34,42)(H,36,41)(H,39,40)(H,43,44)(H,45,46)(H2,37,38,47);(H,6,7)/t17?,18?,23-,24+,25+;/m0./s1. The molecular weight excluding hydrogens is 840 g/mol. The molecule has 0 bridgehead atoms. The molecule has 1 aliphatic carbocycles. The maximum atomic E-state index is 13.4. The van der Waals surface area contributed by atoms with Gasteiger partial charge in [0.2, 0.25) is 11.8 Å². The van der Waals surface area contributed by atoms with Crippen molar-refractivity contribution < 1.29 is 67.2 Å². The van der Waals surface area contributed by atoms with Gasteiger partial charge < -0.3 is 52.4 Å². The average Bonchev–Trinajstić information content (AvgIpc) is 3.49. The lowest BCUT2D eigenvalue weighted by molar-refractivity contribution is -0.192. The van der Waals surface area contributed by atoms with Gasteiger partial charge in [-0.2, -0.15) is 13.2 Å². The number of amides is 4. The first-order chi connectivity index (χ1) is 25.3. The number of unbranched alkanes of at least 4 members (excludes halogenated alkanes) is 1. The number of hydrogen-bond donors (Lipinski definition) is 10. The number of rotatable bonds is 18. The van der Waals surface area contributed by atoms with E-state index < -0.39 is 60.6 Å². The fraction of sp³-hybridized carbons (Fsp3) is 0.545. The van der Waals surface area contributed by atoms with E-state index in [2.05, 4.69) is 48.8 Å². The highest BCUT2D eigenvalue weighted by molar-refractivity contribution is 14.1. The maximum absolute atomic E-state index is 13.4. The van der Waals surface area contributed by atoms with Gasteiger partial charge in [0.1, 0.15) is 18.1 Å². The molecule has 0 spiro atoms. The van der Waals surface area contributed by atoms with Gasteiger partial charge in [0.25, 0.3) is 0 Å². The Balaban J connectivity index is 0.00000131. The summed E-state index contributed by atoms with van der Waals surface area (Å²) in [6.07, 6.45) is -0.0440. The number of aliphatic carboxylic acids is 4. The number of nitrogens with one attached hydrogen (secondary N) is 5. The number of urea groups is 1. The van der Waals surface area contributed by atoms with Gasteiger partial charge >= 0.3 is 36.1 Å². The largest absolute Gasteiger partial charge is 0.490 e. The van der Waals surface area contributed by atoms with Crippen LogP contribution < -0.4 is 27.0 Å². The van der Waals surface area contributed by atoms with E-state index in [1.165, 1.54) is 0 Å². The smallest absolute Gasteiger partial charge is 0.481 e. The quantitative estimate of drug-likeness (QED) is 0.0764. The van der Waals surface area contributed by atoms with E-state index >= 15 is 0 Å². The van der Waals surface area contributed by atoms with Crippen LogP contribution in [0.4, 0.5) is 18.0 Å². The zero-order chi connectivity index (χ0) is 40.6. The summed E-state index contributed by atoms with van der Waals surface area (Å²) in [5, 5.41) is 45.7. The van der Waals surface area contributed by atoms with Crippen LogP contribution in [0, 0.1) is 15.4 Å². The first-order valence-corrected chi connectivity index (χ1v) is 18.0.